The average Bonchev–Trinajstić information content (AvgIpc) is 3.13. The predicted molar refractivity (Wildman–Crippen MR) is 113 cm³/mol. The van der Waals surface area contributed by atoms with Crippen LogP contribution in [0, 0.1) is 5.92 Å². The zero-order valence-electron chi connectivity index (χ0n) is 17.2. The Balaban J connectivity index is 1.42. The zero-order chi connectivity index (χ0) is 19.9. The van der Waals surface area contributed by atoms with Crippen LogP contribution in [0.4, 0.5) is 10.6 Å². The fourth-order valence-corrected chi connectivity index (χ4v) is 5.07. The van der Waals surface area contributed by atoms with Crippen LogP contribution >= 0.6 is 11.3 Å². The number of hydrogen-bond donors (Lipinski definition) is 1. The molecule has 152 valence electrons. The number of nitrogens with zero attached hydrogens (tertiary/aromatic N) is 3. The first-order chi connectivity index (χ1) is 13.3. The van der Waals surface area contributed by atoms with Gasteiger partial charge < -0.3 is 15.0 Å². The Morgan fingerprint density at radius 1 is 1.29 bits per heavy atom. The first-order valence-electron chi connectivity index (χ1n) is 10.2. The first-order valence-corrected chi connectivity index (χ1v) is 11.1. The summed E-state index contributed by atoms with van der Waals surface area (Å²) >= 11 is 1.80. The number of carbonyl (C=O) groups excluding carboxylic acids is 1. The normalized spacial score (nSPS) is 22.4. The van der Waals surface area contributed by atoms with Crippen molar-refractivity contribution in [1.29, 1.82) is 0 Å². The molecule has 7 heteroatoms. The van der Waals surface area contributed by atoms with Gasteiger partial charge in [-0.1, -0.05) is 0 Å². The fourth-order valence-electron chi connectivity index (χ4n) is 3.97. The van der Waals surface area contributed by atoms with E-state index in [0.29, 0.717) is 6.04 Å². The van der Waals surface area contributed by atoms with E-state index in [1.165, 1.54) is 24.1 Å². The van der Waals surface area contributed by atoms with E-state index in [9.17, 15) is 4.79 Å². The number of fused-ring (bicyclic) bond motifs is 1. The van der Waals surface area contributed by atoms with Gasteiger partial charge >= 0.3 is 6.09 Å². The molecule has 2 aliphatic rings. The van der Waals surface area contributed by atoms with Crippen LogP contribution in [-0.2, 0) is 11.2 Å². The van der Waals surface area contributed by atoms with E-state index in [1.54, 1.807) is 17.7 Å². The molecule has 0 radical (unpaired) electrons. The summed E-state index contributed by atoms with van der Waals surface area (Å²) in [4.78, 5) is 25.9. The quantitative estimate of drug-likeness (QED) is 0.796. The van der Waals surface area contributed by atoms with Crippen LogP contribution in [0.25, 0.3) is 10.2 Å². The first kappa shape index (κ1) is 19.4. The van der Waals surface area contributed by atoms with Gasteiger partial charge in [-0.05, 0) is 71.3 Å². The van der Waals surface area contributed by atoms with Crippen LogP contribution in [0.1, 0.15) is 57.8 Å². The minimum Gasteiger partial charge on any atom is -0.444 e. The maximum absolute atomic E-state index is 12.1. The fraction of sp³-hybridized carbons (Fsp3) is 0.667. The third-order valence-electron chi connectivity index (χ3n) is 5.55. The van der Waals surface area contributed by atoms with Gasteiger partial charge in [0.15, 0.2) is 0 Å². The lowest BCUT2D eigenvalue weighted by Gasteiger charge is -2.26. The molecule has 0 aromatic carbocycles. The number of anilines is 1. The van der Waals surface area contributed by atoms with Gasteiger partial charge in [0.05, 0.1) is 5.39 Å². The van der Waals surface area contributed by atoms with Crippen LogP contribution in [-0.4, -0.2) is 40.8 Å². The number of thiophene rings is 1. The highest BCUT2D eigenvalue weighted by molar-refractivity contribution is 7.18. The standard InChI is InChI=1S/C21H30N4O2S/c1-21(2,3)27-20(26)24-14-7-8-15(10-14)25(4)18-17-11-16(9-13-5-6-13)28-19(17)23-12-22-18/h11-15H,5-10H2,1-4H3,(H,24,26)/t14-,15+/m0/s1. The molecular weight excluding hydrogens is 372 g/mol. The molecule has 0 aliphatic heterocycles. The van der Waals surface area contributed by atoms with Crippen LogP contribution < -0.4 is 10.2 Å². The van der Waals surface area contributed by atoms with Gasteiger partial charge in [0, 0.05) is 24.0 Å². The molecule has 2 aromatic heterocycles. The lowest BCUT2D eigenvalue weighted by Crippen LogP contribution is -2.39. The monoisotopic (exact) mass is 402 g/mol. The molecule has 2 saturated carbocycles. The second kappa shape index (κ2) is 7.50. The number of nitrogens with one attached hydrogen (secondary N) is 1. The smallest absolute Gasteiger partial charge is 0.407 e. The Morgan fingerprint density at radius 3 is 2.79 bits per heavy atom. The van der Waals surface area contributed by atoms with Gasteiger partial charge in [0.1, 0.15) is 22.6 Å². The zero-order valence-corrected chi connectivity index (χ0v) is 18.0. The van der Waals surface area contributed by atoms with Crippen molar-refractivity contribution in [3.63, 3.8) is 0 Å². The van der Waals surface area contributed by atoms with Gasteiger partial charge in [-0.3, -0.25) is 0 Å². The minimum atomic E-state index is -0.470. The van der Waals surface area contributed by atoms with E-state index in [2.05, 4.69) is 33.3 Å². The van der Waals surface area contributed by atoms with Gasteiger partial charge in [0.25, 0.3) is 0 Å². The van der Waals surface area contributed by atoms with Crippen molar-refractivity contribution >= 4 is 33.5 Å². The number of carbonyl (C=O) groups is 1. The second-order valence-electron chi connectivity index (χ2n) is 9.20. The summed E-state index contributed by atoms with van der Waals surface area (Å²) in [7, 11) is 2.11. The van der Waals surface area contributed by atoms with Gasteiger partial charge in [-0.25, -0.2) is 14.8 Å². The number of aromatic nitrogens is 2. The number of rotatable bonds is 5. The highest BCUT2D eigenvalue weighted by atomic mass is 32.1. The van der Waals surface area contributed by atoms with E-state index in [-0.39, 0.29) is 12.1 Å². The number of ether oxygens (including phenoxy) is 1. The molecule has 2 aromatic rings. The van der Waals surface area contributed by atoms with Crippen molar-refractivity contribution < 1.29 is 9.53 Å². The molecule has 1 N–H and O–H groups in total. The van der Waals surface area contributed by atoms with Crippen molar-refractivity contribution in [2.75, 3.05) is 11.9 Å². The maximum atomic E-state index is 12.1. The summed E-state index contributed by atoms with van der Waals surface area (Å²) in [5.74, 6) is 1.88. The summed E-state index contributed by atoms with van der Waals surface area (Å²) in [5, 5.41) is 4.18. The number of hydrogen-bond acceptors (Lipinski definition) is 6. The topological polar surface area (TPSA) is 67.4 Å². The SMILES string of the molecule is CN(c1ncnc2sc(CC3CC3)cc12)[C@@H]1CC[C@H](NC(=O)OC(C)(C)C)C1. The Bertz CT molecular complexity index is 856. The Labute approximate surface area is 170 Å². The summed E-state index contributed by atoms with van der Waals surface area (Å²) in [6.07, 6.45) is 8.14. The molecule has 28 heavy (non-hydrogen) atoms. The predicted octanol–water partition coefficient (Wildman–Crippen LogP) is 4.53. The minimum absolute atomic E-state index is 0.146. The van der Waals surface area contributed by atoms with Crippen molar-refractivity contribution in [3.8, 4) is 0 Å². The van der Waals surface area contributed by atoms with Crippen molar-refractivity contribution in [3.05, 3.63) is 17.3 Å². The molecule has 4 rings (SSSR count). The number of alkyl carbamates (subject to hydrolysis) is 1. The molecule has 2 heterocycles. The highest BCUT2D eigenvalue weighted by Gasteiger charge is 2.31. The van der Waals surface area contributed by atoms with Crippen molar-refractivity contribution in [2.24, 2.45) is 5.92 Å². The van der Waals surface area contributed by atoms with Crippen LogP contribution in [0.5, 0.6) is 0 Å². The van der Waals surface area contributed by atoms with E-state index in [1.807, 2.05) is 20.8 Å². The molecule has 1 amide bonds. The van der Waals surface area contributed by atoms with Crippen LogP contribution in [0.15, 0.2) is 12.4 Å². The van der Waals surface area contributed by atoms with Crippen molar-refractivity contribution in [1.82, 2.24) is 15.3 Å². The van der Waals surface area contributed by atoms with E-state index >= 15 is 0 Å². The number of amides is 1. The third-order valence-corrected chi connectivity index (χ3v) is 6.62. The Morgan fingerprint density at radius 2 is 2.07 bits per heavy atom. The molecular formula is C21H30N4O2S. The summed E-state index contributed by atoms with van der Waals surface area (Å²) in [5.41, 5.74) is -0.470. The summed E-state index contributed by atoms with van der Waals surface area (Å²) in [6.45, 7) is 5.66. The molecule has 0 saturated heterocycles. The molecule has 2 atom stereocenters. The molecule has 0 spiro atoms. The van der Waals surface area contributed by atoms with Crippen molar-refractivity contribution in [2.45, 2.75) is 77.0 Å². The third kappa shape index (κ3) is 4.57. The summed E-state index contributed by atoms with van der Waals surface area (Å²) < 4.78 is 5.39. The summed E-state index contributed by atoms with van der Waals surface area (Å²) in [6, 6.07) is 2.78. The molecule has 2 aliphatic carbocycles. The van der Waals surface area contributed by atoms with Crippen LogP contribution in [0.2, 0.25) is 0 Å². The molecule has 6 nitrogen and oxygen atoms in total. The Hall–Kier alpha value is -1.89. The Kier molecular flexibility index (Phi) is 5.21. The molecule has 2 fully saturated rings. The van der Waals surface area contributed by atoms with E-state index in [0.717, 1.165) is 41.2 Å². The second-order valence-corrected chi connectivity index (χ2v) is 10.3. The lowest BCUT2D eigenvalue weighted by atomic mass is 10.2. The maximum Gasteiger partial charge on any atom is 0.407 e. The van der Waals surface area contributed by atoms with Gasteiger partial charge in [0.2, 0.25) is 0 Å². The van der Waals surface area contributed by atoms with Crippen LogP contribution in [0.3, 0.4) is 0 Å². The molecule has 0 bridgehead atoms. The average molecular weight is 403 g/mol. The van der Waals surface area contributed by atoms with Gasteiger partial charge in [-0.2, -0.15) is 0 Å². The molecule has 0 unspecified atom stereocenters. The lowest BCUT2D eigenvalue weighted by molar-refractivity contribution is 0.0505. The van der Waals surface area contributed by atoms with Gasteiger partial charge in [-0.15, -0.1) is 11.3 Å². The van der Waals surface area contributed by atoms with E-state index < -0.39 is 5.60 Å². The van der Waals surface area contributed by atoms with E-state index in [4.69, 9.17) is 4.74 Å². The highest BCUT2D eigenvalue weighted by Crippen LogP contribution is 2.38. The largest absolute Gasteiger partial charge is 0.444 e.